The number of hydrogen-bond acceptors (Lipinski definition) is 6. The van der Waals surface area contributed by atoms with Gasteiger partial charge in [-0.3, -0.25) is 0 Å². The molecule has 0 saturated carbocycles. The molecule has 0 aliphatic carbocycles. The Hall–Kier alpha value is -0.890. The molecule has 15 heavy (non-hydrogen) atoms. The highest BCUT2D eigenvalue weighted by molar-refractivity contribution is 4.89. The number of hydrogen-bond donors (Lipinski definition) is 3. The molecular formula is C7H13N3O5. The maximum atomic E-state index is 9.47. The summed E-state index contributed by atoms with van der Waals surface area (Å²) < 4.78 is 9.84. The van der Waals surface area contributed by atoms with E-state index >= 15 is 0 Å². The smallest absolute Gasteiger partial charge is 0.186 e. The predicted octanol–water partition coefficient (Wildman–Crippen LogP) is -1.25. The summed E-state index contributed by atoms with van der Waals surface area (Å²) in [4.78, 5) is 2.51. The fourth-order valence-corrected chi connectivity index (χ4v) is 1.38. The van der Waals surface area contributed by atoms with Crippen LogP contribution < -0.4 is 0 Å². The van der Waals surface area contributed by atoms with Crippen molar-refractivity contribution in [3.05, 3.63) is 10.4 Å². The summed E-state index contributed by atoms with van der Waals surface area (Å²) in [5.41, 5.74) is 8.10. The Morgan fingerprint density at radius 3 is 2.53 bits per heavy atom. The van der Waals surface area contributed by atoms with Gasteiger partial charge in [-0.05, 0) is 5.53 Å². The van der Waals surface area contributed by atoms with Gasteiger partial charge in [0.25, 0.3) is 0 Å². The van der Waals surface area contributed by atoms with E-state index in [9.17, 15) is 15.3 Å². The first-order valence-electron chi connectivity index (χ1n) is 4.35. The Kier molecular flexibility index (Phi) is 4.28. The van der Waals surface area contributed by atoms with Gasteiger partial charge >= 0.3 is 0 Å². The first kappa shape index (κ1) is 12.2. The number of aliphatic hydroxyl groups excluding tert-OH is 3. The van der Waals surface area contributed by atoms with Crippen LogP contribution in [-0.4, -0.2) is 59.7 Å². The molecule has 1 rings (SSSR count). The fraction of sp³-hybridized carbons (Fsp3) is 1.00. The molecule has 0 bridgehead atoms. The molecule has 1 unspecified atom stereocenters. The normalized spacial score (nSPS) is 40.9. The zero-order valence-electron chi connectivity index (χ0n) is 8.09. The highest BCUT2D eigenvalue weighted by Gasteiger charge is 2.43. The topological polar surface area (TPSA) is 128 Å². The highest BCUT2D eigenvalue weighted by atomic mass is 16.7. The van der Waals surface area contributed by atoms with Crippen molar-refractivity contribution in [3.8, 4) is 0 Å². The Bertz CT molecular complexity index is 255. The van der Waals surface area contributed by atoms with E-state index in [1.807, 2.05) is 0 Å². The summed E-state index contributed by atoms with van der Waals surface area (Å²) in [6.45, 7) is -0.138. The van der Waals surface area contributed by atoms with Gasteiger partial charge in [0.2, 0.25) is 0 Å². The zero-order chi connectivity index (χ0) is 11.4. The quantitative estimate of drug-likeness (QED) is 0.310. The maximum absolute atomic E-state index is 9.47. The lowest BCUT2D eigenvalue weighted by Gasteiger charge is -2.39. The van der Waals surface area contributed by atoms with Crippen molar-refractivity contribution in [3.63, 3.8) is 0 Å². The van der Waals surface area contributed by atoms with Crippen molar-refractivity contribution in [2.45, 2.75) is 30.7 Å². The molecule has 0 spiro atoms. The molecular weight excluding hydrogens is 206 g/mol. The first-order valence-corrected chi connectivity index (χ1v) is 4.35. The molecule has 8 nitrogen and oxygen atoms in total. The molecule has 0 aromatic carbocycles. The van der Waals surface area contributed by atoms with Crippen LogP contribution in [0.3, 0.4) is 0 Å². The van der Waals surface area contributed by atoms with Crippen LogP contribution in [0.25, 0.3) is 10.4 Å². The van der Waals surface area contributed by atoms with Crippen LogP contribution in [0.15, 0.2) is 5.11 Å². The second-order valence-corrected chi connectivity index (χ2v) is 3.16. The minimum Gasteiger partial charge on any atom is -0.388 e. The summed E-state index contributed by atoms with van der Waals surface area (Å²) in [6, 6.07) is 0. The number of methoxy groups -OCH3 is 1. The summed E-state index contributed by atoms with van der Waals surface area (Å²) in [7, 11) is 1.29. The minimum atomic E-state index is -1.39. The second kappa shape index (κ2) is 5.26. The number of ether oxygens (including phenoxy) is 2. The Morgan fingerprint density at radius 2 is 2.00 bits per heavy atom. The molecule has 0 amide bonds. The molecule has 0 radical (unpaired) electrons. The summed E-state index contributed by atoms with van der Waals surface area (Å²) in [5, 5.41) is 31.5. The Labute approximate surface area is 85.7 Å². The Morgan fingerprint density at radius 1 is 1.33 bits per heavy atom. The minimum absolute atomic E-state index is 0.138. The van der Waals surface area contributed by atoms with Crippen molar-refractivity contribution in [2.24, 2.45) is 5.11 Å². The van der Waals surface area contributed by atoms with E-state index in [1.165, 1.54) is 7.11 Å². The van der Waals surface area contributed by atoms with Crippen LogP contribution in [0.5, 0.6) is 0 Å². The molecule has 1 aliphatic heterocycles. The third-order valence-corrected chi connectivity index (χ3v) is 2.23. The van der Waals surface area contributed by atoms with Gasteiger partial charge in [-0.2, -0.15) is 0 Å². The summed E-state index contributed by atoms with van der Waals surface area (Å²) >= 11 is 0. The average Bonchev–Trinajstić information content (AvgIpc) is 2.25. The van der Waals surface area contributed by atoms with Gasteiger partial charge in [0, 0.05) is 12.0 Å². The molecule has 0 aromatic rings. The van der Waals surface area contributed by atoms with Gasteiger partial charge in [-0.25, -0.2) is 0 Å². The average molecular weight is 219 g/mol. The highest BCUT2D eigenvalue weighted by Crippen LogP contribution is 2.21. The molecule has 1 heterocycles. The van der Waals surface area contributed by atoms with Gasteiger partial charge in [0.05, 0.1) is 12.6 Å². The molecule has 3 N–H and O–H groups in total. The molecule has 1 aliphatic rings. The summed E-state index contributed by atoms with van der Waals surface area (Å²) in [6.07, 6.45) is -5.95. The van der Waals surface area contributed by atoms with Gasteiger partial charge in [-0.15, -0.1) is 0 Å². The molecule has 1 fully saturated rings. The maximum Gasteiger partial charge on any atom is 0.186 e. The van der Waals surface area contributed by atoms with E-state index in [1.54, 1.807) is 0 Å². The van der Waals surface area contributed by atoms with Crippen LogP contribution >= 0.6 is 0 Å². The lowest BCUT2D eigenvalue weighted by atomic mass is 9.99. The molecule has 86 valence electrons. The number of azide groups is 1. The van der Waals surface area contributed by atoms with Gasteiger partial charge < -0.3 is 24.8 Å². The van der Waals surface area contributed by atoms with Crippen molar-refractivity contribution in [2.75, 3.05) is 13.7 Å². The van der Waals surface area contributed by atoms with E-state index in [0.29, 0.717) is 0 Å². The molecule has 8 heteroatoms. The lowest BCUT2D eigenvalue weighted by Crippen LogP contribution is -2.58. The van der Waals surface area contributed by atoms with Gasteiger partial charge in [0.15, 0.2) is 6.29 Å². The van der Waals surface area contributed by atoms with Crippen molar-refractivity contribution < 1.29 is 24.8 Å². The molecule has 5 atom stereocenters. The van der Waals surface area contributed by atoms with E-state index in [-0.39, 0.29) is 6.54 Å². The van der Waals surface area contributed by atoms with Crippen LogP contribution in [0.4, 0.5) is 0 Å². The van der Waals surface area contributed by atoms with Crippen LogP contribution in [0, 0.1) is 0 Å². The monoisotopic (exact) mass is 219 g/mol. The molecule has 0 aromatic heterocycles. The zero-order valence-corrected chi connectivity index (χ0v) is 8.09. The van der Waals surface area contributed by atoms with Crippen molar-refractivity contribution in [1.82, 2.24) is 0 Å². The second-order valence-electron chi connectivity index (χ2n) is 3.16. The van der Waals surface area contributed by atoms with Crippen LogP contribution in [0.1, 0.15) is 0 Å². The van der Waals surface area contributed by atoms with E-state index in [4.69, 9.17) is 15.0 Å². The number of aliphatic hydroxyl groups is 3. The van der Waals surface area contributed by atoms with Gasteiger partial charge in [-0.1, -0.05) is 5.11 Å². The van der Waals surface area contributed by atoms with E-state index in [0.717, 1.165) is 0 Å². The standard InChI is InChI=1S/C7H13N3O5/c1-14-7-6(13)5(12)4(11)3(15-7)2-9-10-8/h3-7,11-13H,2H2,1H3/t3-,4-,5+,6+,7?/m1/s1. The number of nitrogens with zero attached hydrogens (tertiary/aromatic N) is 3. The van der Waals surface area contributed by atoms with Crippen LogP contribution in [0.2, 0.25) is 0 Å². The SMILES string of the molecule is COC1O[C@H](CN=[N+]=[N-])[C@@H](O)[C@H](O)[C@@H]1O. The predicted molar refractivity (Wildman–Crippen MR) is 47.7 cm³/mol. The fourth-order valence-electron chi connectivity index (χ4n) is 1.38. The third kappa shape index (κ3) is 2.57. The lowest BCUT2D eigenvalue weighted by molar-refractivity contribution is -0.287. The molecule has 1 saturated heterocycles. The van der Waals surface area contributed by atoms with Crippen molar-refractivity contribution >= 4 is 0 Å². The Balaban J connectivity index is 2.69. The third-order valence-electron chi connectivity index (χ3n) is 2.23. The first-order chi connectivity index (χ1) is 7.11. The van der Waals surface area contributed by atoms with Crippen molar-refractivity contribution in [1.29, 1.82) is 0 Å². The summed E-state index contributed by atoms with van der Waals surface area (Å²) in [5.74, 6) is 0. The van der Waals surface area contributed by atoms with Crippen LogP contribution in [-0.2, 0) is 9.47 Å². The van der Waals surface area contributed by atoms with Gasteiger partial charge in [0.1, 0.15) is 18.3 Å². The number of rotatable bonds is 3. The van der Waals surface area contributed by atoms with E-state index in [2.05, 4.69) is 10.0 Å². The largest absolute Gasteiger partial charge is 0.388 e. The van der Waals surface area contributed by atoms with E-state index < -0.39 is 30.7 Å².